The van der Waals surface area contributed by atoms with E-state index in [1.165, 1.54) is 18.2 Å². The average Bonchev–Trinajstić information content (AvgIpc) is 2.04. The molecule has 0 fully saturated rings. The first-order chi connectivity index (χ1) is 6.02. The fraction of sp³-hybridized carbons (Fsp3) is 0.250. The van der Waals surface area contributed by atoms with Crippen LogP contribution in [0.1, 0.15) is 18.5 Å². The van der Waals surface area contributed by atoms with Crippen LogP contribution in [0.25, 0.3) is 0 Å². The minimum Gasteiger partial charge on any atom is -0.324 e. The molecule has 0 aliphatic heterocycles. The predicted molar refractivity (Wildman–Crippen MR) is 50.7 cm³/mol. The van der Waals surface area contributed by atoms with Gasteiger partial charge in [0.2, 0.25) is 0 Å². The molecule has 0 aliphatic rings. The van der Waals surface area contributed by atoms with Crippen LogP contribution in [0.15, 0.2) is 18.2 Å². The third-order valence-corrected chi connectivity index (χ3v) is 2.03. The lowest BCUT2D eigenvalue weighted by Crippen LogP contribution is -2.06. The molecule has 1 aromatic carbocycles. The van der Waals surface area contributed by atoms with Crippen LogP contribution >= 0.6 is 11.6 Å². The minimum absolute atomic E-state index is 0.0108. The fourth-order valence-corrected chi connectivity index (χ4v) is 1.28. The van der Waals surface area contributed by atoms with Gasteiger partial charge in [-0.2, -0.15) is 0 Å². The Bertz CT molecular complexity index is 339. The molecular formula is C8H9ClN2O2. The zero-order valence-electron chi connectivity index (χ0n) is 7.03. The maximum Gasteiger partial charge on any atom is 0.269 e. The lowest BCUT2D eigenvalue weighted by molar-refractivity contribution is -0.384. The third kappa shape index (κ3) is 2.17. The summed E-state index contributed by atoms with van der Waals surface area (Å²) in [6.07, 6.45) is 0. The van der Waals surface area contributed by atoms with E-state index in [2.05, 4.69) is 0 Å². The van der Waals surface area contributed by atoms with Crippen molar-refractivity contribution in [2.24, 2.45) is 5.73 Å². The van der Waals surface area contributed by atoms with Gasteiger partial charge in [-0.1, -0.05) is 11.6 Å². The molecule has 0 aromatic heterocycles. The zero-order valence-corrected chi connectivity index (χ0v) is 7.78. The van der Waals surface area contributed by atoms with Crippen molar-refractivity contribution < 1.29 is 4.92 Å². The summed E-state index contributed by atoms with van der Waals surface area (Å²) in [4.78, 5) is 9.94. The van der Waals surface area contributed by atoms with Gasteiger partial charge < -0.3 is 5.73 Å². The summed E-state index contributed by atoms with van der Waals surface area (Å²) in [5.74, 6) is 0. The van der Waals surface area contributed by atoms with Crippen molar-refractivity contribution in [1.82, 2.24) is 0 Å². The maximum atomic E-state index is 10.4. The van der Waals surface area contributed by atoms with E-state index in [1.54, 1.807) is 6.92 Å². The van der Waals surface area contributed by atoms with Gasteiger partial charge in [0, 0.05) is 23.2 Å². The molecule has 0 aliphatic carbocycles. The number of halogens is 1. The minimum atomic E-state index is -0.470. The number of nitro groups is 1. The number of hydrogen-bond donors (Lipinski definition) is 1. The largest absolute Gasteiger partial charge is 0.324 e. The topological polar surface area (TPSA) is 69.2 Å². The molecule has 0 radical (unpaired) electrons. The number of hydrogen-bond acceptors (Lipinski definition) is 3. The van der Waals surface area contributed by atoms with Crippen molar-refractivity contribution >= 4 is 17.3 Å². The van der Waals surface area contributed by atoms with Gasteiger partial charge in [0.25, 0.3) is 5.69 Å². The van der Waals surface area contributed by atoms with E-state index in [4.69, 9.17) is 17.3 Å². The number of rotatable bonds is 2. The normalized spacial score (nSPS) is 12.5. The van der Waals surface area contributed by atoms with E-state index < -0.39 is 4.92 Å². The lowest BCUT2D eigenvalue weighted by atomic mass is 10.1. The van der Waals surface area contributed by atoms with Gasteiger partial charge in [-0.25, -0.2) is 0 Å². The first-order valence-electron chi connectivity index (χ1n) is 3.72. The summed E-state index contributed by atoms with van der Waals surface area (Å²) in [6, 6.07) is 3.94. The first-order valence-corrected chi connectivity index (χ1v) is 4.09. The van der Waals surface area contributed by atoms with Crippen LogP contribution in [0.2, 0.25) is 5.02 Å². The third-order valence-electron chi connectivity index (χ3n) is 1.68. The molecular weight excluding hydrogens is 192 g/mol. The highest BCUT2D eigenvalue weighted by molar-refractivity contribution is 6.31. The standard InChI is InChI=1S/C8H9ClN2O2/c1-5(10)7-4-6(11(12)13)2-3-8(7)9/h2-5H,10H2,1H3. The van der Waals surface area contributed by atoms with Gasteiger partial charge in [0.15, 0.2) is 0 Å². The van der Waals surface area contributed by atoms with E-state index in [-0.39, 0.29) is 11.7 Å². The molecule has 0 bridgehead atoms. The average molecular weight is 201 g/mol. The Morgan fingerprint density at radius 3 is 2.69 bits per heavy atom. The molecule has 0 saturated heterocycles. The summed E-state index contributed by atoms with van der Waals surface area (Å²) in [5.41, 5.74) is 6.18. The van der Waals surface area contributed by atoms with Crippen molar-refractivity contribution in [3.63, 3.8) is 0 Å². The van der Waals surface area contributed by atoms with E-state index in [1.807, 2.05) is 0 Å². The Morgan fingerprint density at radius 2 is 2.23 bits per heavy atom. The Kier molecular flexibility index (Phi) is 2.85. The van der Waals surface area contributed by atoms with Crippen LogP contribution in [0.5, 0.6) is 0 Å². The van der Waals surface area contributed by atoms with Crippen LogP contribution in [-0.4, -0.2) is 4.92 Å². The molecule has 1 atom stereocenters. The molecule has 0 amide bonds. The van der Waals surface area contributed by atoms with Gasteiger partial charge in [-0.15, -0.1) is 0 Å². The predicted octanol–water partition coefficient (Wildman–Crippen LogP) is 2.27. The van der Waals surface area contributed by atoms with Gasteiger partial charge in [0.1, 0.15) is 0 Å². The van der Waals surface area contributed by atoms with E-state index in [9.17, 15) is 10.1 Å². The number of nitro benzene ring substituents is 1. The van der Waals surface area contributed by atoms with Gasteiger partial charge in [-0.05, 0) is 18.6 Å². The summed E-state index contributed by atoms with van der Waals surface area (Å²) >= 11 is 5.79. The number of non-ortho nitro benzene ring substituents is 1. The second-order valence-corrected chi connectivity index (χ2v) is 3.16. The smallest absolute Gasteiger partial charge is 0.269 e. The highest BCUT2D eigenvalue weighted by atomic mass is 35.5. The van der Waals surface area contributed by atoms with E-state index in [0.29, 0.717) is 10.6 Å². The first kappa shape index (κ1) is 9.95. The van der Waals surface area contributed by atoms with Crippen LogP contribution in [0.3, 0.4) is 0 Å². The van der Waals surface area contributed by atoms with E-state index in [0.717, 1.165) is 0 Å². The molecule has 0 spiro atoms. The zero-order chi connectivity index (χ0) is 10.0. The summed E-state index contributed by atoms with van der Waals surface area (Å²) < 4.78 is 0. The summed E-state index contributed by atoms with van der Waals surface area (Å²) in [7, 11) is 0. The SMILES string of the molecule is CC(N)c1cc([N+](=O)[O-])ccc1Cl. The van der Waals surface area contributed by atoms with Crippen LogP contribution in [-0.2, 0) is 0 Å². The summed E-state index contributed by atoms with van der Waals surface area (Å²) in [5, 5.41) is 10.9. The molecule has 2 N–H and O–H groups in total. The van der Waals surface area contributed by atoms with Crippen molar-refractivity contribution in [2.75, 3.05) is 0 Å². The van der Waals surface area contributed by atoms with Gasteiger partial charge in [0.05, 0.1) is 4.92 Å². The van der Waals surface area contributed by atoms with Crippen LogP contribution < -0.4 is 5.73 Å². The highest BCUT2D eigenvalue weighted by Crippen LogP contribution is 2.25. The summed E-state index contributed by atoms with van der Waals surface area (Å²) in [6.45, 7) is 1.73. The Balaban J connectivity index is 3.19. The molecule has 70 valence electrons. The van der Waals surface area contributed by atoms with Crippen LogP contribution in [0.4, 0.5) is 5.69 Å². The van der Waals surface area contributed by atoms with Crippen LogP contribution in [0, 0.1) is 10.1 Å². The van der Waals surface area contributed by atoms with Gasteiger partial charge >= 0.3 is 0 Å². The van der Waals surface area contributed by atoms with Gasteiger partial charge in [-0.3, -0.25) is 10.1 Å². The lowest BCUT2D eigenvalue weighted by Gasteiger charge is -2.06. The highest BCUT2D eigenvalue weighted by Gasteiger charge is 2.11. The number of nitrogens with two attached hydrogens (primary N) is 1. The number of benzene rings is 1. The van der Waals surface area contributed by atoms with E-state index >= 15 is 0 Å². The fourth-order valence-electron chi connectivity index (χ4n) is 0.994. The molecule has 13 heavy (non-hydrogen) atoms. The molecule has 1 unspecified atom stereocenters. The van der Waals surface area contributed by atoms with Crippen molar-refractivity contribution in [3.05, 3.63) is 38.9 Å². The Hall–Kier alpha value is -1.13. The molecule has 4 nitrogen and oxygen atoms in total. The second-order valence-electron chi connectivity index (χ2n) is 2.75. The monoisotopic (exact) mass is 200 g/mol. The van der Waals surface area contributed by atoms with Crippen molar-refractivity contribution in [3.8, 4) is 0 Å². The molecule has 5 heteroatoms. The van der Waals surface area contributed by atoms with Crippen molar-refractivity contribution in [2.45, 2.75) is 13.0 Å². The quantitative estimate of drug-likeness (QED) is 0.588. The Morgan fingerprint density at radius 1 is 1.62 bits per heavy atom. The molecule has 0 saturated carbocycles. The number of nitrogens with zero attached hydrogens (tertiary/aromatic N) is 1. The maximum absolute atomic E-state index is 10.4. The molecule has 1 aromatic rings. The molecule has 1 rings (SSSR count). The second kappa shape index (κ2) is 3.72. The molecule has 0 heterocycles. The Labute approximate surface area is 80.5 Å². The van der Waals surface area contributed by atoms with Crippen molar-refractivity contribution in [1.29, 1.82) is 0 Å².